The van der Waals surface area contributed by atoms with Crippen LogP contribution in [-0.2, 0) is 4.74 Å². The molecule has 0 bridgehead atoms. The quantitative estimate of drug-likeness (QED) is 0.608. The van der Waals surface area contributed by atoms with Crippen molar-refractivity contribution in [2.75, 3.05) is 30.8 Å². The van der Waals surface area contributed by atoms with Gasteiger partial charge in [0.05, 0.1) is 18.4 Å². The van der Waals surface area contributed by atoms with E-state index in [0.717, 1.165) is 18.8 Å². The Morgan fingerprint density at radius 3 is 2.69 bits per heavy atom. The van der Waals surface area contributed by atoms with Crippen LogP contribution in [0.25, 0.3) is 0 Å². The van der Waals surface area contributed by atoms with E-state index in [1.54, 1.807) is 6.07 Å². The monoisotopic (exact) mass is 220 g/mol. The number of methoxy groups -OCH3 is 1. The lowest BCUT2D eigenvalue weighted by Crippen LogP contribution is -2.21. The number of rotatable bonds is 2. The number of carbonyl (C=O) groups excluding carboxylic acids is 1. The first-order valence-corrected chi connectivity index (χ1v) is 5.45. The van der Waals surface area contributed by atoms with Crippen LogP contribution in [0.5, 0.6) is 0 Å². The Balaban J connectivity index is 2.38. The molecule has 0 amide bonds. The number of anilines is 2. The van der Waals surface area contributed by atoms with Gasteiger partial charge in [-0.15, -0.1) is 0 Å². The molecule has 0 spiro atoms. The maximum atomic E-state index is 11.6. The van der Waals surface area contributed by atoms with E-state index >= 15 is 0 Å². The lowest BCUT2D eigenvalue weighted by molar-refractivity contribution is 0.0601. The maximum absolute atomic E-state index is 11.6. The van der Waals surface area contributed by atoms with Crippen LogP contribution in [0, 0.1) is 0 Å². The van der Waals surface area contributed by atoms with Crippen molar-refractivity contribution >= 4 is 17.3 Å². The van der Waals surface area contributed by atoms with Gasteiger partial charge in [0.2, 0.25) is 0 Å². The van der Waals surface area contributed by atoms with Crippen LogP contribution in [0.2, 0.25) is 0 Å². The molecular formula is C12H16N2O2. The Hall–Kier alpha value is -1.71. The summed E-state index contributed by atoms with van der Waals surface area (Å²) in [5.74, 6) is -0.325. The molecule has 0 aromatic heterocycles. The molecule has 0 radical (unpaired) electrons. The summed E-state index contributed by atoms with van der Waals surface area (Å²) in [6.45, 7) is 1.99. The predicted molar refractivity (Wildman–Crippen MR) is 63.6 cm³/mol. The average Bonchev–Trinajstić information content (AvgIpc) is 2.81. The topological polar surface area (TPSA) is 55.6 Å². The molecule has 0 unspecified atom stereocenters. The second-order valence-electron chi connectivity index (χ2n) is 3.96. The van der Waals surface area contributed by atoms with Gasteiger partial charge in [0.15, 0.2) is 0 Å². The molecule has 16 heavy (non-hydrogen) atoms. The van der Waals surface area contributed by atoms with Crippen LogP contribution in [0.15, 0.2) is 18.2 Å². The summed E-state index contributed by atoms with van der Waals surface area (Å²) in [6, 6.07) is 5.40. The molecule has 0 aliphatic carbocycles. The first kappa shape index (κ1) is 10.8. The Bertz CT molecular complexity index is 398. The summed E-state index contributed by atoms with van der Waals surface area (Å²) in [6.07, 6.45) is 2.34. The number of carbonyl (C=O) groups is 1. The van der Waals surface area contributed by atoms with E-state index in [-0.39, 0.29) is 5.97 Å². The SMILES string of the molecule is COC(=O)c1cc(N)ccc1N1CCCC1. The number of ether oxygens (including phenoxy) is 1. The standard InChI is InChI=1S/C12H16N2O2/c1-16-12(15)10-8-9(13)4-5-11(10)14-6-2-3-7-14/h4-5,8H,2-3,6-7,13H2,1H3. The number of esters is 1. The molecule has 1 aliphatic rings. The van der Waals surface area contributed by atoms with E-state index in [1.807, 2.05) is 12.1 Å². The van der Waals surface area contributed by atoms with Crippen molar-refractivity contribution in [3.63, 3.8) is 0 Å². The Kier molecular flexibility index (Phi) is 2.99. The van der Waals surface area contributed by atoms with E-state index in [2.05, 4.69) is 4.90 Å². The number of hydrogen-bond acceptors (Lipinski definition) is 4. The van der Waals surface area contributed by atoms with Crippen molar-refractivity contribution in [1.29, 1.82) is 0 Å². The fourth-order valence-corrected chi connectivity index (χ4v) is 2.06. The van der Waals surface area contributed by atoms with E-state index in [1.165, 1.54) is 20.0 Å². The molecule has 1 saturated heterocycles. The summed E-state index contributed by atoms with van der Waals surface area (Å²) in [5.41, 5.74) is 7.77. The van der Waals surface area contributed by atoms with Gasteiger partial charge in [-0.1, -0.05) is 0 Å². The normalized spacial score (nSPS) is 15.2. The molecule has 86 valence electrons. The third-order valence-corrected chi connectivity index (χ3v) is 2.87. The zero-order valence-electron chi connectivity index (χ0n) is 9.40. The van der Waals surface area contributed by atoms with Crippen molar-refractivity contribution in [3.8, 4) is 0 Å². The minimum absolute atomic E-state index is 0.325. The summed E-state index contributed by atoms with van der Waals surface area (Å²) in [7, 11) is 1.39. The van der Waals surface area contributed by atoms with Crippen LogP contribution in [0.4, 0.5) is 11.4 Å². The summed E-state index contributed by atoms with van der Waals surface area (Å²) in [5, 5.41) is 0. The molecule has 2 rings (SSSR count). The fourth-order valence-electron chi connectivity index (χ4n) is 2.06. The third kappa shape index (κ3) is 1.96. The number of benzene rings is 1. The van der Waals surface area contributed by atoms with Crippen LogP contribution >= 0.6 is 0 Å². The molecule has 0 saturated carbocycles. The zero-order chi connectivity index (χ0) is 11.5. The van der Waals surface area contributed by atoms with Gasteiger partial charge < -0.3 is 15.4 Å². The van der Waals surface area contributed by atoms with E-state index in [0.29, 0.717) is 11.3 Å². The Morgan fingerprint density at radius 2 is 2.06 bits per heavy atom. The summed E-state index contributed by atoms with van der Waals surface area (Å²) in [4.78, 5) is 13.8. The first-order valence-electron chi connectivity index (χ1n) is 5.45. The maximum Gasteiger partial charge on any atom is 0.340 e. The van der Waals surface area contributed by atoms with Gasteiger partial charge in [0, 0.05) is 18.8 Å². The average molecular weight is 220 g/mol. The zero-order valence-corrected chi connectivity index (χ0v) is 9.40. The molecular weight excluding hydrogens is 204 g/mol. The van der Waals surface area contributed by atoms with Crippen molar-refractivity contribution in [2.45, 2.75) is 12.8 Å². The smallest absolute Gasteiger partial charge is 0.340 e. The van der Waals surface area contributed by atoms with Crippen LogP contribution in [0.3, 0.4) is 0 Å². The fraction of sp³-hybridized carbons (Fsp3) is 0.417. The second kappa shape index (κ2) is 4.43. The van der Waals surface area contributed by atoms with Gasteiger partial charge in [-0.3, -0.25) is 0 Å². The lowest BCUT2D eigenvalue weighted by Gasteiger charge is -2.20. The summed E-state index contributed by atoms with van der Waals surface area (Å²) < 4.78 is 4.77. The third-order valence-electron chi connectivity index (χ3n) is 2.87. The summed E-state index contributed by atoms with van der Waals surface area (Å²) >= 11 is 0. The first-order chi connectivity index (χ1) is 7.72. The van der Waals surface area contributed by atoms with Crippen molar-refractivity contribution in [3.05, 3.63) is 23.8 Å². The number of hydrogen-bond donors (Lipinski definition) is 1. The van der Waals surface area contributed by atoms with E-state index in [4.69, 9.17) is 10.5 Å². The molecule has 1 aromatic carbocycles. The van der Waals surface area contributed by atoms with Crippen LogP contribution in [-0.4, -0.2) is 26.2 Å². The molecule has 2 N–H and O–H groups in total. The lowest BCUT2D eigenvalue weighted by atomic mass is 10.1. The van der Waals surface area contributed by atoms with Crippen LogP contribution < -0.4 is 10.6 Å². The highest BCUT2D eigenvalue weighted by Crippen LogP contribution is 2.26. The largest absolute Gasteiger partial charge is 0.465 e. The van der Waals surface area contributed by atoms with E-state index in [9.17, 15) is 4.79 Å². The molecule has 4 heteroatoms. The van der Waals surface area contributed by atoms with Gasteiger partial charge in [0.1, 0.15) is 0 Å². The van der Waals surface area contributed by atoms with Crippen molar-refractivity contribution in [2.24, 2.45) is 0 Å². The molecule has 0 atom stereocenters. The van der Waals surface area contributed by atoms with Gasteiger partial charge in [-0.25, -0.2) is 4.79 Å². The molecule has 1 aromatic rings. The highest BCUT2D eigenvalue weighted by Gasteiger charge is 2.19. The van der Waals surface area contributed by atoms with Crippen molar-refractivity contribution < 1.29 is 9.53 Å². The van der Waals surface area contributed by atoms with Gasteiger partial charge in [-0.05, 0) is 31.0 Å². The number of nitrogens with zero attached hydrogens (tertiary/aromatic N) is 1. The molecule has 1 fully saturated rings. The number of nitrogen functional groups attached to an aromatic ring is 1. The highest BCUT2D eigenvalue weighted by atomic mass is 16.5. The molecule has 1 aliphatic heterocycles. The Labute approximate surface area is 95.0 Å². The van der Waals surface area contributed by atoms with Gasteiger partial charge >= 0.3 is 5.97 Å². The number of nitrogens with two attached hydrogens (primary N) is 1. The second-order valence-corrected chi connectivity index (χ2v) is 3.96. The van der Waals surface area contributed by atoms with E-state index < -0.39 is 0 Å². The van der Waals surface area contributed by atoms with Gasteiger partial charge in [0.25, 0.3) is 0 Å². The van der Waals surface area contributed by atoms with Gasteiger partial charge in [-0.2, -0.15) is 0 Å². The highest BCUT2D eigenvalue weighted by molar-refractivity contribution is 5.97. The minimum atomic E-state index is -0.325. The Morgan fingerprint density at radius 1 is 1.38 bits per heavy atom. The minimum Gasteiger partial charge on any atom is -0.465 e. The predicted octanol–water partition coefficient (Wildman–Crippen LogP) is 1.66. The van der Waals surface area contributed by atoms with Crippen molar-refractivity contribution in [1.82, 2.24) is 0 Å². The molecule has 1 heterocycles. The van der Waals surface area contributed by atoms with Crippen LogP contribution in [0.1, 0.15) is 23.2 Å². The molecule has 4 nitrogen and oxygen atoms in total.